The van der Waals surface area contributed by atoms with Crippen molar-refractivity contribution < 1.29 is 52.0 Å². The molecule has 0 aliphatic heterocycles. The molecule has 0 aromatic rings. The molecule has 1 N–H and O–H groups in total. The average molecular weight is 195 g/mol. The Hall–Kier alpha value is 0.570. The van der Waals surface area contributed by atoms with Crippen LogP contribution in [0, 0.1) is 6.68 Å². The van der Waals surface area contributed by atoms with Crippen molar-refractivity contribution in [1.29, 1.82) is 0 Å². The molecule has 0 unspecified atom stereocenters. The maximum Gasteiger partial charge on any atom is 0.154 e. The van der Waals surface area contributed by atoms with E-state index in [0.717, 1.165) is 0 Å². The number of halogens is 3. The van der Waals surface area contributed by atoms with Gasteiger partial charge in [0.25, 0.3) is 0 Å². The number of rotatable bonds is 0. The Kier molecular flexibility index (Phi) is 20.6. The minimum Gasteiger partial charge on any atom is -0.439 e. The van der Waals surface area contributed by atoms with Crippen molar-refractivity contribution in [3.63, 3.8) is 0 Å². The van der Waals surface area contributed by atoms with Gasteiger partial charge in [0.15, 0.2) is 6.68 Å². The molecule has 0 amide bonds. The Morgan fingerprint density at radius 1 is 1.22 bits per heavy atom. The van der Waals surface area contributed by atoms with Crippen LogP contribution in [-0.2, 0) is 45.2 Å². The van der Waals surface area contributed by atoms with Gasteiger partial charge in [0, 0.05) is 36.8 Å². The molecule has 0 aliphatic rings. The van der Waals surface area contributed by atoms with Gasteiger partial charge in [-0.05, 0) is 0 Å². The van der Waals surface area contributed by atoms with Crippen LogP contribution in [0.4, 0.5) is 13.2 Å². The Morgan fingerprint density at radius 2 is 1.22 bits per heavy atom. The van der Waals surface area contributed by atoms with Crippen LogP contribution in [0.25, 0.3) is 0 Å². The fraction of sp³-hybridized carbons (Fsp3) is 0. The van der Waals surface area contributed by atoms with Gasteiger partial charge < -0.3 is 26.1 Å². The van der Waals surface area contributed by atoms with Crippen LogP contribution >= 0.6 is 0 Å². The third-order valence-electron chi connectivity index (χ3n) is 0. The molecule has 0 fully saturated rings. The molecule has 9 heavy (non-hydrogen) atoms. The monoisotopic (exact) mass is 195 g/mol. The van der Waals surface area contributed by atoms with Crippen molar-refractivity contribution in [2.75, 3.05) is 0 Å². The first kappa shape index (κ1) is 16.3. The van der Waals surface area contributed by atoms with Crippen LogP contribution in [0.1, 0.15) is 0 Å². The molecular weight excluding hydrogens is 194 g/mol. The third kappa shape index (κ3) is 1140. The van der Waals surface area contributed by atoms with Crippen molar-refractivity contribution >= 4 is 11.0 Å². The Bertz CT molecular complexity index is 92.5. The van der Waals surface area contributed by atoms with Gasteiger partial charge in [-0.3, -0.25) is 0 Å². The molecule has 0 aromatic heterocycles. The van der Waals surface area contributed by atoms with E-state index in [2.05, 4.69) is 0 Å². The zero-order chi connectivity index (χ0) is 7.15. The maximum absolute atomic E-state index is 9.58. The van der Waals surface area contributed by atoms with Crippen molar-refractivity contribution in [2.24, 2.45) is 0 Å². The second-order valence-electron chi connectivity index (χ2n) is 0.431. The van der Waals surface area contributed by atoms with Crippen LogP contribution in [0.15, 0.2) is 0 Å². The van der Waals surface area contributed by atoms with Crippen LogP contribution < -0.4 is 0 Å². The predicted molar refractivity (Wildman–Crippen MR) is 17.9 cm³/mol. The van der Waals surface area contributed by atoms with Gasteiger partial charge in [0.2, 0.25) is 0 Å². The summed E-state index contributed by atoms with van der Waals surface area (Å²) in [6, 6.07) is 0. The summed E-state index contributed by atoms with van der Waals surface area (Å²) in [4.78, 5) is 0. The summed E-state index contributed by atoms with van der Waals surface area (Å²) >= 11 is 0. The fourth-order valence-corrected chi connectivity index (χ4v) is 0. The molecule has 0 saturated heterocycles. The molecule has 0 spiro atoms. The standard InChI is InChI=1S/CF3.HO3S.Sc/c2-1(3)4;1-4(2)3;/h;(H,1,2,3);/q2*-1;. The van der Waals surface area contributed by atoms with Crippen LogP contribution in [0.3, 0.4) is 0 Å². The smallest absolute Gasteiger partial charge is 0.154 e. The number of hydrogen-bond acceptors (Lipinski definition) is 3. The van der Waals surface area contributed by atoms with Crippen molar-refractivity contribution in [3.05, 3.63) is 6.68 Å². The molecule has 0 aliphatic carbocycles. The molecule has 0 atom stereocenters. The van der Waals surface area contributed by atoms with E-state index in [1.165, 1.54) is 0 Å². The van der Waals surface area contributed by atoms with E-state index in [1.807, 2.05) is 0 Å². The second-order valence-corrected chi connectivity index (χ2v) is 0.866. The van der Waals surface area contributed by atoms with E-state index in [-0.39, 0.29) is 25.8 Å². The first-order valence-electron chi connectivity index (χ1n) is 1.08. The quantitative estimate of drug-likeness (QED) is 0.272. The zero-order valence-corrected chi connectivity index (χ0v) is 6.50. The molecule has 3 nitrogen and oxygen atoms in total. The van der Waals surface area contributed by atoms with Gasteiger partial charge >= 0.3 is 0 Å². The normalized spacial score (nSPS) is 7.78. The van der Waals surface area contributed by atoms with Gasteiger partial charge in [0.1, 0.15) is 0 Å². The summed E-state index contributed by atoms with van der Waals surface area (Å²) in [6.45, 7) is -3.08. The van der Waals surface area contributed by atoms with Crippen molar-refractivity contribution in [1.82, 2.24) is 0 Å². The molecule has 0 bridgehead atoms. The summed E-state index contributed by atoms with van der Waals surface area (Å²) in [6.07, 6.45) is 0. The first-order chi connectivity index (χ1) is 3.46. The Balaban J connectivity index is -0.0000000720. The zero-order valence-electron chi connectivity index (χ0n) is 3.88. The van der Waals surface area contributed by atoms with Crippen LogP contribution in [0.5, 0.6) is 0 Å². The molecule has 0 rings (SSSR count). The van der Waals surface area contributed by atoms with E-state index < -0.39 is 17.7 Å². The average Bonchev–Trinajstić information content (AvgIpc) is 1.25. The summed E-state index contributed by atoms with van der Waals surface area (Å²) in [7, 11) is -2.86. The summed E-state index contributed by atoms with van der Waals surface area (Å²) in [5.41, 5.74) is 0. The Labute approximate surface area is 69.8 Å². The van der Waals surface area contributed by atoms with E-state index in [4.69, 9.17) is 13.0 Å². The summed E-state index contributed by atoms with van der Waals surface area (Å²) in [5.74, 6) is 0. The molecular formula is CHF3O3SSc-2. The minimum absolute atomic E-state index is 0. The predicted octanol–water partition coefficient (Wildman–Crippen LogP) is 1.11. The molecule has 55 valence electrons. The van der Waals surface area contributed by atoms with E-state index in [9.17, 15) is 13.2 Å². The SMILES string of the molecule is F[C-](F)F.O=[S-](=O)O.[Sc]. The second kappa shape index (κ2) is 11.4. The summed E-state index contributed by atoms with van der Waals surface area (Å²) < 4.78 is 52.8. The largest absolute Gasteiger partial charge is 0.439 e. The molecule has 1 radical (unpaired) electrons. The Morgan fingerprint density at radius 3 is 1.22 bits per heavy atom. The molecule has 0 saturated carbocycles. The van der Waals surface area contributed by atoms with Gasteiger partial charge in [-0.2, -0.15) is 0 Å². The molecule has 8 heteroatoms. The van der Waals surface area contributed by atoms with Crippen LogP contribution in [-0.4, -0.2) is 4.55 Å². The third-order valence-corrected chi connectivity index (χ3v) is 0. The van der Waals surface area contributed by atoms with Crippen molar-refractivity contribution in [2.45, 2.75) is 0 Å². The van der Waals surface area contributed by atoms with E-state index >= 15 is 0 Å². The number of hydrogen-bond donors (Lipinski definition) is 1. The first-order valence-corrected chi connectivity index (χ1v) is 2.11. The van der Waals surface area contributed by atoms with Gasteiger partial charge in [-0.1, -0.05) is 0 Å². The topological polar surface area (TPSA) is 54.4 Å². The van der Waals surface area contributed by atoms with E-state index in [0.29, 0.717) is 0 Å². The maximum atomic E-state index is 9.58. The van der Waals surface area contributed by atoms with Crippen molar-refractivity contribution in [3.8, 4) is 0 Å². The van der Waals surface area contributed by atoms with E-state index in [1.54, 1.807) is 0 Å². The minimum atomic E-state index is -3.08. The van der Waals surface area contributed by atoms with Gasteiger partial charge in [-0.15, -0.1) is 0 Å². The molecule has 0 aromatic carbocycles. The molecule has 0 heterocycles. The van der Waals surface area contributed by atoms with Gasteiger partial charge in [-0.25, -0.2) is 0 Å². The summed E-state index contributed by atoms with van der Waals surface area (Å²) in [5, 5.41) is 0. The fourth-order valence-electron chi connectivity index (χ4n) is 0. The van der Waals surface area contributed by atoms with Crippen LogP contribution in [0.2, 0.25) is 0 Å². The van der Waals surface area contributed by atoms with Gasteiger partial charge in [0.05, 0.1) is 0 Å².